The van der Waals surface area contributed by atoms with Crippen LogP contribution in [0, 0.1) is 5.41 Å². The molecule has 1 aliphatic rings. The molecule has 1 unspecified atom stereocenters. The van der Waals surface area contributed by atoms with Gasteiger partial charge in [0, 0.05) is 11.8 Å². The number of carbonyl (C=O) groups is 1. The Morgan fingerprint density at radius 3 is 2.39 bits per heavy atom. The van der Waals surface area contributed by atoms with Crippen molar-refractivity contribution in [2.24, 2.45) is 10.6 Å². The number of rotatable bonds is 7. The van der Waals surface area contributed by atoms with E-state index in [0.717, 1.165) is 44.2 Å². The van der Waals surface area contributed by atoms with Crippen molar-refractivity contribution in [1.82, 2.24) is 0 Å². The van der Waals surface area contributed by atoms with E-state index in [1.54, 1.807) is 0 Å². The van der Waals surface area contributed by atoms with Gasteiger partial charge in [0.25, 0.3) is 0 Å². The highest BCUT2D eigenvalue weighted by Crippen LogP contribution is 2.41. The molecule has 1 saturated carbocycles. The van der Waals surface area contributed by atoms with Crippen LogP contribution < -0.4 is 0 Å². The topological polar surface area (TPSA) is 38.7 Å². The third kappa shape index (κ3) is 5.79. The molecule has 2 aromatic rings. The highest BCUT2D eigenvalue weighted by atomic mass is 16.7. The van der Waals surface area contributed by atoms with Gasteiger partial charge in [0.15, 0.2) is 0 Å². The van der Waals surface area contributed by atoms with Crippen LogP contribution >= 0.6 is 0 Å². The summed E-state index contributed by atoms with van der Waals surface area (Å²) >= 11 is 0. The monoisotopic (exact) mass is 377 g/mol. The number of hydrogen-bond donors (Lipinski definition) is 0. The molecule has 0 heterocycles. The van der Waals surface area contributed by atoms with E-state index >= 15 is 0 Å². The third-order valence-corrected chi connectivity index (χ3v) is 5.74. The molecule has 2 aromatic carbocycles. The standard InChI is InChI=1S/C25H31NO2/c1-25(2)19-22(21-14-7-4-8-15-21)17-18-23(25)26-28-24(27)16-10-9-13-20-11-5-3-6-12-20/h3-8,11-12,14-15,22H,9-10,13,16-19H2,1-2H3/b26-23+. The normalized spacial score (nSPS) is 20.1. The lowest BCUT2D eigenvalue weighted by Gasteiger charge is -2.36. The summed E-state index contributed by atoms with van der Waals surface area (Å²) in [7, 11) is 0. The summed E-state index contributed by atoms with van der Waals surface area (Å²) < 4.78 is 0. The van der Waals surface area contributed by atoms with Gasteiger partial charge in [0.2, 0.25) is 0 Å². The molecule has 0 N–H and O–H groups in total. The second-order valence-corrected chi connectivity index (χ2v) is 8.43. The van der Waals surface area contributed by atoms with Crippen molar-refractivity contribution in [3.05, 3.63) is 71.8 Å². The van der Waals surface area contributed by atoms with Gasteiger partial charge < -0.3 is 4.84 Å². The van der Waals surface area contributed by atoms with Crippen LogP contribution in [0.25, 0.3) is 0 Å². The summed E-state index contributed by atoms with van der Waals surface area (Å²) in [6, 6.07) is 21.0. The van der Waals surface area contributed by atoms with Gasteiger partial charge in [0.05, 0.1) is 5.71 Å². The summed E-state index contributed by atoms with van der Waals surface area (Å²) in [5.74, 6) is 0.324. The average molecular weight is 378 g/mol. The first-order chi connectivity index (χ1) is 13.5. The molecule has 0 aliphatic heterocycles. The van der Waals surface area contributed by atoms with Crippen molar-refractivity contribution in [1.29, 1.82) is 0 Å². The van der Waals surface area contributed by atoms with E-state index in [4.69, 9.17) is 4.84 Å². The molecule has 0 amide bonds. The minimum Gasteiger partial charge on any atom is -0.318 e. The molecule has 0 radical (unpaired) electrons. The fraction of sp³-hybridized carbons (Fsp3) is 0.440. The molecule has 1 aliphatic carbocycles. The Morgan fingerprint density at radius 1 is 1.04 bits per heavy atom. The van der Waals surface area contributed by atoms with Crippen LogP contribution in [0.15, 0.2) is 65.8 Å². The summed E-state index contributed by atoms with van der Waals surface area (Å²) in [5, 5.41) is 4.27. The summed E-state index contributed by atoms with van der Waals surface area (Å²) in [6.45, 7) is 4.41. The van der Waals surface area contributed by atoms with Crippen molar-refractivity contribution in [3.63, 3.8) is 0 Å². The molecule has 3 nitrogen and oxygen atoms in total. The zero-order valence-corrected chi connectivity index (χ0v) is 17.1. The van der Waals surface area contributed by atoms with Gasteiger partial charge in [-0.15, -0.1) is 0 Å². The van der Waals surface area contributed by atoms with E-state index in [-0.39, 0.29) is 11.4 Å². The molecule has 3 rings (SSSR count). The second kappa shape index (κ2) is 9.68. The quantitative estimate of drug-likeness (QED) is 0.323. The van der Waals surface area contributed by atoms with Crippen molar-refractivity contribution < 1.29 is 9.63 Å². The first-order valence-corrected chi connectivity index (χ1v) is 10.4. The van der Waals surface area contributed by atoms with Gasteiger partial charge in [-0.2, -0.15) is 0 Å². The first-order valence-electron chi connectivity index (χ1n) is 10.4. The van der Waals surface area contributed by atoms with E-state index in [1.807, 2.05) is 18.2 Å². The molecular weight excluding hydrogens is 346 g/mol. The molecule has 1 fully saturated rings. The highest BCUT2D eigenvalue weighted by Gasteiger charge is 2.35. The summed E-state index contributed by atoms with van der Waals surface area (Å²) in [6.07, 6.45) is 6.21. The van der Waals surface area contributed by atoms with Gasteiger partial charge in [-0.25, -0.2) is 4.79 Å². The highest BCUT2D eigenvalue weighted by molar-refractivity contribution is 5.90. The maximum atomic E-state index is 12.1. The minimum absolute atomic E-state index is 0.0493. The molecular formula is C25H31NO2. The second-order valence-electron chi connectivity index (χ2n) is 8.43. The number of unbranched alkanes of at least 4 members (excludes halogenated alkanes) is 1. The Bertz CT molecular complexity index is 781. The predicted octanol–water partition coefficient (Wildman–Crippen LogP) is 6.29. The number of carbonyl (C=O) groups excluding carboxylic acids is 1. The van der Waals surface area contributed by atoms with Crippen molar-refractivity contribution in [2.75, 3.05) is 0 Å². The molecule has 0 bridgehead atoms. The summed E-state index contributed by atoms with van der Waals surface area (Å²) in [5.41, 5.74) is 3.67. The maximum absolute atomic E-state index is 12.1. The zero-order chi connectivity index (χ0) is 19.8. The third-order valence-electron chi connectivity index (χ3n) is 5.74. The lowest BCUT2D eigenvalue weighted by atomic mass is 9.69. The molecule has 0 spiro atoms. The number of benzene rings is 2. The van der Waals surface area contributed by atoms with Gasteiger partial charge in [0.1, 0.15) is 0 Å². The van der Waals surface area contributed by atoms with E-state index in [1.165, 1.54) is 11.1 Å². The van der Waals surface area contributed by atoms with Crippen LogP contribution in [0.5, 0.6) is 0 Å². The fourth-order valence-electron chi connectivity index (χ4n) is 4.06. The smallest absolute Gasteiger partial charge is 0.318 e. The maximum Gasteiger partial charge on any atom is 0.335 e. The predicted molar refractivity (Wildman–Crippen MR) is 114 cm³/mol. The lowest BCUT2D eigenvalue weighted by Crippen LogP contribution is -2.32. The fourth-order valence-corrected chi connectivity index (χ4v) is 4.06. The van der Waals surface area contributed by atoms with Crippen molar-refractivity contribution >= 4 is 11.7 Å². The van der Waals surface area contributed by atoms with Crippen LogP contribution in [-0.2, 0) is 16.1 Å². The minimum atomic E-state index is -0.221. The van der Waals surface area contributed by atoms with Crippen LogP contribution in [0.3, 0.4) is 0 Å². The van der Waals surface area contributed by atoms with Gasteiger partial charge in [-0.3, -0.25) is 0 Å². The number of nitrogens with zero attached hydrogens (tertiary/aromatic N) is 1. The van der Waals surface area contributed by atoms with Crippen molar-refractivity contribution in [3.8, 4) is 0 Å². The van der Waals surface area contributed by atoms with Gasteiger partial charge >= 0.3 is 5.97 Å². The molecule has 148 valence electrons. The number of aryl methyl sites for hydroxylation is 1. The van der Waals surface area contributed by atoms with Crippen LogP contribution in [0.1, 0.15) is 69.4 Å². The molecule has 1 atom stereocenters. The van der Waals surface area contributed by atoms with Gasteiger partial charge in [-0.05, 0) is 55.6 Å². The molecule has 28 heavy (non-hydrogen) atoms. The van der Waals surface area contributed by atoms with E-state index < -0.39 is 0 Å². The molecule has 3 heteroatoms. The van der Waals surface area contributed by atoms with Crippen LogP contribution in [0.4, 0.5) is 0 Å². The summed E-state index contributed by atoms with van der Waals surface area (Å²) in [4.78, 5) is 17.3. The first kappa shape index (κ1) is 20.3. The van der Waals surface area contributed by atoms with Gasteiger partial charge in [-0.1, -0.05) is 79.7 Å². The lowest BCUT2D eigenvalue weighted by molar-refractivity contribution is -0.143. The Morgan fingerprint density at radius 2 is 1.71 bits per heavy atom. The van der Waals surface area contributed by atoms with Crippen LogP contribution in [-0.4, -0.2) is 11.7 Å². The van der Waals surface area contributed by atoms with E-state index in [0.29, 0.717) is 12.3 Å². The average Bonchev–Trinajstić information content (AvgIpc) is 2.71. The Balaban J connectivity index is 1.44. The Kier molecular flexibility index (Phi) is 7.02. The SMILES string of the molecule is CC1(C)CC(c2ccccc2)CC/C1=N\OC(=O)CCCCc1ccccc1. The Labute approximate surface area is 168 Å². The van der Waals surface area contributed by atoms with E-state index in [2.05, 4.69) is 61.5 Å². The van der Waals surface area contributed by atoms with Crippen LogP contribution in [0.2, 0.25) is 0 Å². The van der Waals surface area contributed by atoms with E-state index in [9.17, 15) is 4.79 Å². The van der Waals surface area contributed by atoms with Crippen molar-refractivity contribution in [2.45, 2.75) is 64.7 Å². The molecule has 0 saturated heterocycles. The number of oxime groups is 1. The number of hydrogen-bond acceptors (Lipinski definition) is 3. The largest absolute Gasteiger partial charge is 0.335 e. The zero-order valence-electron chi connectivity index (χ0n) is 17.1. The molecule has 0 aromatic heterocycles. The Hall–Kier alpha value is -2.42.